The molecule has 0 aliphatic carbocycles. The minimum absolute atomic E-state index is 0.0601. The van der Waals surface area contributed by atoms with E-state index in [9.17, 15) is 9.59 Å². The first-order valence-corrected chi connectivity index (χ1v) is 12.2. The molecule has 0 saturated carbocycles. The van der Waals surface area contributed by atoms with E-state index in [4.69, 9.17) is 4.74 Å². The molecular weight excluding hydrogens is 374 g/mol. The lowest BCUT2D eigenvalue weighted by Gasteiger charge is -2.31. The summed E-state index contributed by atoms with van der Waals surface area (Å²) < 4.78 is 5.50. The van der Waals surface area contributed by atoms with Gasteiger partial charge >= 0.3 is 5.97 Å². The maximum atomic E-state index is 12.7. The van der Waals surface area contributed by atoms with Gasteiger partial charge in [-0.25, -0.2) is 0 Å². The number of piperidine rings is 1. The topological polar surface area (TPSA) is 46.6 Å². The first-order chi connectivity index (χ1) is 14.7. The van der Waals surface area contributed by atoms with Crippen LogP contribution in [0, 0.1) is 5.92 Å². The van der Waals surface area contributed by atoms with Crippen molar-refractivity contribution in [2.45, 2.75) is 90.9 Å². The second-order valence-corrected chi connectivity index (χ2v) is 8.61. The molecule has 1 aliphatic rings. The van der Waals surface area contributed by atoms with E-state index in [2.05, 4.69) is 13.8 Å². The van der Waals surface area contributed by atoms with Crippen molar-refractivity contribution in [3.63, 3.8) is 0 Å². The Hall–Kier alpha value is -1.84. The van der Waals surface area contributed by atoms with Gasteiger partial charge in [-0.1, -0.05) is 77.3 Å². The van der Waals surface area contributed by atoms with Gasteiger partial charge in [-0.2, -0.15) is 0 Å². The van der Waals surface area contributed by atoms with Crippen molar-refractivity contribution in [3.05, 3.63) is 35.4 Å². The number of carbonyl (C=O) groups excluding carboxylic acids is 2. The molecule has 0 bridgehead atoms. The number of benzene rings is 1. The molecule has 0 spiro atoms. The number of nitrogens with zero attached hydrogens (tertiary/aromatic N) is 1. The Labute approximate surface area is 183 Å². The molecule has 1 amide bonds. The Morgan fingerprint density at radius 2 is 1.43 bits per heavy atom. The molecule has 1 saturated heterocycles. The molecule has 2 rings (SSSR count). The number of aryl methyl sites for hydroxylation is 1. The van der Waals surface area contributed by atoms with E-state index in [1.54, 1.807) is 0 Å². The van der Waals surface area contributed by atoms with Gasteiger partial charge in [0, 0.05) is 18.7 Å². The third-order valence-corrected chi connectivity index (χ3v) is 6.22. The third kappa shape index (κ3) is 8.49. The summed E-state index contributed by atoms with van der Waals surface area (Å²) >= 11 is 0. The molecule has 1 aromatic carbocycles. The lowest BCUT2D eigenvalue weighted by molar-refractivity contribution is -0.150. The van der Waals surface area contributed by atoms with Crippen molar-refractivity contribution in [1.29, 1.82) is 0 Å². The van der Waals surface area contributed by atoms with Crippen molar-refractivity contribution in [2.24, 2.45) is 5.92 Å². The Morgan fingerprint density at radius 3 is 2.00 bits per heavy atom. The van der Waals surface area contributed by atoms with Crippen LogP contribution < -0.4 is 0 Å². The van der Waals surface area contributed by atoms with Crippen LogP contribution in [0.1, 0.15) is 100 Å². The molecule has 1 fully saturated rings. The average Bonchev–Trinajstić information content (AvgIpc) is 2.80. The molecular formula is C26H41NO3. The van der Waals surface area contributed by atoms with E-state index in [1.807, 2.05) is 29.2 Å². The zero-order valence-electron chi connectivity index (χ0n) is 19.2. The van der Waals surface area contributed by atoms with Crippen LogP contribution in [0.25, 0.3) is 0 Å². The van der Waals surface area contributed by atoms with E-state index < -0.39 is 0 Å². The predicted octanol–water partition coefficient (Wildman–Crippen LogP) is 6.18. The fourth-order valence-electron chi connectivity index (χ4n) is 4.09. The van der Waals surface area contributed by atoms with Gasteiger partial charge in [0.2, 0.25) is 0 Å². The summed E-state index contributed by atoms with van der Waals surface area (Å²) in [7, 11) is 0. The van der Waals surface area contributed by atoms with Gasteiger partial charge in [0.1, 0.15) is 0 Å². The van der Waals surface area contributed by atoms with Gasteiger partial charge in [-0.15, -0.1) is 0 Å². The minimum atomic E-state index is -0.0750. The van der Waals surface area contributed by atoms with E-state index in [0.717, 1.165) is 24.8 Å². The molecule has 0 atom stereocenters. The highest BCUT2D eigenvalue weighted by Gasteiger charge is 2.28. The van der Waals surface area contributed by atoms with Crippen molar-refractivity contribution in [2.75, 3.05) is 19.7 Å². The molecule has 1 aromatic rings. The van der Waals surface area contributed by atoms with Crippen LogP contribution in [0.4, 0.5) is 0 Å². The van der Waals surface area contributed by atoms with E-state index in [-0.39, 0.29) is 17.8 Å². The Bertz CT molecular complexity index is 618. The quantitative estimate of drug-likeness (QED) is 0.286. The van der Waals surface area contributed by atoms with Crippen molar-refractivity contribution in [1.82, 2.24) is 4.90 Å². The average molecular weight is 416 g/mol. The summed E-state index contributed by atoms with van der Waals surface area (Å²) in [5.41, 5.74) is 1.97. The monoisotopic (exact) mass is 415 g/mol. The van der Waals surface area contributed by atoms with E-state index in [0.29, 0.717) is 32.5 Å². The van der Waals surface area contributed by atoms with Gasteiger partial charge in [-0.3, -0.25) is 9.59 Å². The number of esters is 1. The number of rotatable bonds is 13. The van der Waals surface area contributed by atoms with E-state index >= 15 is 0 Å². The highest BCUT2D eigenvalue weighted by atomic mass is 16.5. The number of hydrogen-bond acceptors (Lipinski definition) is 3. The van der Waals surface area contributed by atoms with Gasteiger partial charge in [0.25, 0.3) is 5.91 Å². The molecule has 0 unspecified atom stereocenters. The normalized spacial score (nSPS) is 14.7. The standard InChI is InChI=1S/C26H41NO3/c1-3-5-6-7-8-9-10-11-12-21-30-26(29)24-17-19-27(20-18-24)25(28)23-15-13-22(4-2)14-16-23/h13-16,24H,3-12,17-21H2,1-2H3. The lowest BCUT2D eigenvalue weighted by atomic mass is 9.96. The van der Waals surface area contributed by atoms with Crippen LogP contribution >= 0.6 is 0 Å². The van der Waals surface area contributed by atoms with Crippen LogP contribution in [-0.4, -0.2) is 36.5 Å². The zero-order valence-corrected chi connectivity index (χ0v) is 19.2. The summed E-state index contributed by atoms with van der Waals surface area (Å²) in [6, 6.07) is 7.85. The van der Waals surface area contributed by atoms with Crippen molar-refractivity contribution < 1.29 is 14.3 Å². The SMILES string of the molecule is CCCCCCCCCCCOC(=O)C1CCN(C(=O)c2ccc(CC)cc2)CC1. The van der Waals surface area contributed by atoms with Gasteiger partial charge < -0.3 is 9.64 Å². The van der Waals surface area contributed by atoms with Crippen LogP contribution in [-0.2, 0) is 16.0 Å². The molecule has 0 N–H and O–H groups in total. The summed E-state index contributed by atoms with van der Waals surface area (Å²) in [6.45, 7) is 6.16. The number of amides is 1. The summed E-state index contributed by atoms with van der Waals surface area (Å²) in [5, 5.41) is 0. The van der Waals surface area contributed by atoms with Crippen molar-refractivity contribution in [3.8, 4) is 0 Å². The van der Waals surface area contributed by atoms with E-state index in [1.165, 1.54) is 50.5 Å². The second kappa shape index (κ2) is 14.2. The lowest BCUT2D eigenvalue weighted by Crippen LogP contribution is -2.40. The molecule has 0 radical (unpaired) electrons. The maximum Gasteiger partial charge on any atom is 0.309 e. The van der Waals surface area contributed by atoms with Crippen LogP contribution in [0.2, 0.25) is 0 Å². The Balaban J connectivity index is 1.56. The molecule has 1 aliphatic heterocycles. The molecule has 4 heteroatoms. The van der Waals surface area contributed by atoms with Crippen LogP contribution in [0.3, 0.4) is 0 Å². The fourth-order valence-corrected chi connectivity index (χ4v) is 4.09. The second-order valence-electron chi connectivity index (χ2n) is 8.61. The number of hydrogen-bond donors (Lipinski definition) is 0. The smallest absolute Gasteiger partial charge is 0.309 e. The molecule has 168 valence electrons. The molecule has 0 aromatic heterocycles. The third-order valence-electron chi connectivity index (χ3n) is 6.22. The first kappa shape index (κ1) is 24.4. The predicted molar refractivity (Wildman–Crippen MR) is 123 cm³/mol. The summed E-state index contributed by atoms with van der Waals surface area (Å²) in [4.78, 5) is 26.8. The Kier molecular flexibility index (Phi) is 11.6. The Morgan fingerprint density at radius 1 is 0.867 bits per heavy atom. The number of unbranched alkanes of at least 4 members (excludes halogenated alkanes) is 8. The number of carbonyl (C=O) groups is 2. The van der Waals surface area contributed by atoms with Gasteiger partial charge in [0.05, 0.1) is 12.5 Å². The first-order valence-electron chi connectivity index (χ1n) is 12.2. The largest absolute Gasteiger partial charge is 0.465 e. The minimum Gasteiger partial charge on any atom is -0.465 e. The van der Waals surface area contributed by atoms with Crippen LogP contribution in [0.5, 0.6) is 0 Å². The van der Waals surface area contributed by atoms with Gasteiger partial charge in [0.15, 0.2) is 0 Å². The zero-order chi connectivity index (χ0) is 21.6. The van der Waals surface area contributed by atoms with Crippen LogP contribution in [0.15, 0.2) is 24.3 Å². The number of ether oxygens (including phenoxy) is 1. The fraction of sp³-hybridized carbons (Fsp3) is 0.692. The highest BCUT2D eigenvalue weighted by Crippen LogP contribution is 2.21. The summed E-state index contributed by atoms with van der Waals surface area (Å²) in [6.07, 6.45) is 13.7. The molecule has 1 heterocycles. The molecule has 4 nitrogen and oxygen atoms in total. The maximum absolute atomic E-state index is 12.7. The summed E-state index contributed by atoms with van der Waals surface area (Å²) in [5.74, 6) is -0.0665. The molecule has 30 heavy (non-hydrogen) atoms. The number of likely N-dealkylation sites (tertiary alicyclic amines) is 1. The van der Waals surface area contributed by atoms with Gasteiger partial charge in [-0.05, 0) is 43.4 Å². The highest BCUT2D eigenvalue weighted by molar-refractivity contribution is 5.94. The van der Waals surface area contributed by atoms with Crippen molar-refractivity contribution >= 4 is 11.9 Å².